The number of nitrogens with one attached hydrogen (secondary N) is 1. The predicted molar refractivity (Wildman–Crippen MR) is 99.9 cm³/mol. The highest BCUT2D eigenvalue weighted by Gasteiger charge is 2.49. The van der Waals surface area contributed by atoms with E-state index in [9.17, 15) is 9.59 Å². The maximum atomic E-state index is 12.6. The number of ether oxygens (including phenoxy) is 1. The van der Waals surface area contributed by atoms with Crippen LogP contribution < -0.4 is 5.32 Å². The Balaban J connectivity index is 0.00000109. The fraction of sp³-hybridized carbons (Fsp3) is 0.600. The number of likely N-dealkylation sites (tertiary alicyclic amines) is 1. The van der Waals surface area contributed by atoms with Crippen LogP contribution in [0.5, 0.6) is 0 Å². The molecule has 2 heterocycles. The van der Waals surface area contributed by atoms with E-state index in [1.165, 1.54) is 0 Å². The number of carbonyl (C=O) groups is 2. The summed E-state index contributed by atoms with van der Waals surface area (Å²) in [6.07, 6.45) is 0.970. The van der Waals surface area contributed by atoms with Crippen molar-refractivity contribution in [2.24, 2.45) is 0 Å². The van der Waals surface area contributed by atoms with Crippen LogP contribution in [0.15, 0.2) is 18.2 Å². The van der Waals surface area contributed by atoms with Gasteiger partial charge in [-0.1, -0.05) is 26.0 Å². The molecule has 1 saturated heterocycles. The van der Waals surface area contributed by atoms with Gasteiger partial charge in [0.1, 0.15) is 5.60 Å². The van der Waals surface area contributed by atoms with Gasteiger partial charge in [0.15, 0.2) is 0 Å². The van der Waals surface area contributed by atoms with Crippen molar-refractivity contribution >= 4 is 17.7 Å². The Kier molecular flexibility index (Phi) is 5.45. The first kappa shape index (κ1) is 19.3. The van der Waals surface area contributed by atoms with E-state index in [-0.39, 0.29) is 12.0 Å². The molecule has 3 rings (SSSR count). The van der Waals surface area contributed by atoms with Gasteiger partial charge in [0, 0.05) is 18.8 Å². The molecule has 0 bridgehead atoms. The number of amides is 2. The number of benzene rings is 1. The molecule has 5 heteroatoms. The lowest BCUT2D eigenvalue weighted by molar-refractivity contribution is -0.122. The third-order valence-electron chi connectivity index (χ3n) is 4.64. The van der Waals surface area contributed by atoms with Crippen molar-refractivity contribution in [3.63, 3.8) is 0 Å². The lowest BCUT2D eigenvalue weighted by Crippen LogP contribution is -2.49. The van der Waals surface area contributed by atoms with E-state index in [1.807, 2.05) is 59.7 Å². The SMILES string of the molecule is CC.Cc1ccc2c(c1)NC(=O)C21CCN(C(=O)OC(C)(C)C)CC1. The first-order valence-corrected chi connectivity index (χ1v) is 9.12. The van der Waals surface area contributed by atoms with Gasteiger partial charge in [-0.25, -0.2) is 4.79 Å². The van der Waals surface area contributed by atoms with Crippen molar-refractivity contribution in [2.75, 3.05) is 18.4 Å². The molecule has 0 radical (unpaired) electrons. The Morgan fingerprint density at radius 1 is 1.20 bits per heavy atom. The second-order valence-electron chi connectivity index (χ2n) is 7.55. The minimum absolute atomic E-state index is 0.0574. The van der Waals surface area contributed by atoms with Crippen molar-refractivity contribution < 1.29 is 14.3 Å². The van der Waals surface area contributed by atoms with Crippen molar-refractivity contribution in [3.05, 3.63) is 29.3 Å². The summed E-state index contributed by atoms with van der Waals surface area (Å²) in [6.45, 7) is 12.7. The zero-order chi connectivity index (χ0) is 18.8. The largest absolute Gasteiger partial charge is 0.444 e. The van der Waals surface area contributed by atoms with E-state index in [2.05, 4.69) is 5.32 Å². The van der Waals surface area contributed by atoms with E-state index in [1.54, 1.807) is 4.90 Å². The molecule has 1 N–H and O–H groups in total. The summed E-state index contributed by atoms with van der Waals surface area (Å²) in [5, 5.41) is 3.01. The molecule has 0 aromatic heterocycles. The molecule has 0 saturated carbocycles. The van der Waals surface area contributed by atoms with Crippen molar-refractivity contribution in [1.82, 2.24) is 4.90 Å². The summed E-state index contributed by atoms with van der Waals surface area (Å²) in [7, 11) is 0. The van der Waals surface area contributed by atoms with E-state index < -0.39 is 11.0 Å². The highest BCUT2D eigenvalue weighted by Crippen LogP contribution is 2.45. The first-order valence-electron chi connectivity index (χ1n) is 9.12. The second-order valence-corrected chi connectivity index (χ2v) is 7.55. The third kappa shape index (κ3) is 3.80. The normalized spacial score (nSPS) is 18.2. The smallest absolute Gasteiger partial charge is 0.410 e. The van der Waals surface area contributed by atoms with Gasteiger partial charge < -0.3 is 15.0 Å². The molecule has 2 aliphatic heterocycles. The van der Waals surface area contributed by atoms with Crippen molar-refractivity contribution in [3.8, 4) is 0 Å². The molecule has 138 valence electrons. The molecule has 1 aromatic carbocycles. The van der Waals surface area contributed by atoms with Crippen LogP contribution in [0.2, 0.25) is 0 Å². The van der Waals surface area contributed by atoms with Crippen molar-refractivity contribution in [2.45, 2.75) is 65.4 Å². The molecule has 0 unspecified atom stereocenters. The lowest BCUT2D eigenvalue weighted by atomic mass is 9.73. The number of aryl methyl sites for hydroxylation is 1. The Labute approximate surface area is 150 Å². The van der Waals surface area contributed by atoms with Crippen LogP contribution in [-0.2, 0) is 14.9 Å². The van der Waals surface area contributed by atoms with Crippen LogP contribution in [-0.4, -0.2) is 35.6 Å². The van der Waals surface area contributed by atoms with Gasteiger partial charge in [-0.05, 0) is 57.7 Å². The van der Waals surface area contributed by atoms with Crippen LogP contribution in [0, 0.1) is 6.92 Å². The summed E-state index contributed by atoms with van der Waals surface area (Å²) in [5.41, 5.74) is 2.12. The van der Waals surface area contributed by atoms with Crippen molar-refractivity contribution in [1.29, 1.82) is 0 Å². The zero-order valence-corrected chi connectivity index (χ0v) is 16.2. The summed E-state index contributed by atoms with van der Waals surface area (Å²) < 4.78 is 5.43. The van der Waals surface area contributed by atoms with Crippen LogP contribution >= 0.6 is 0 Å². The number of nitrogens with zero attached hydrogens (tertiary/aromatic N) is 1. The minimum atomic E-state index is -0.499. The van der Waals surface area contributed by atoms with Gasteiger partial charge in [-0.2, -0.15) is 0 Å². The van der Waals surface area contributed by atoms with Gasteiger partial charge in [-0.15, -0.1) is 0 Å². The number of hydrogen-bond donors (Lipinski definition) is 1. The Morgan fingerprint density at radius 3 is 2.36 bits per heavy atom. The van der Waals surface area contributed by atoms with Gasteiger partial charge in [0.2, 0.25) is 5.91 Å². The molecule has 5 nitrogen and oxygen atoms in total. The minimum Gasteiger partial charge on any atom is -0.444 e. The molecule has 1 spiro atoms. The maximum absolute atomic E-state index is 12.6. The van der Waals surface area contributed by atoms with Crippen LogP contribution in [0.3, 0.4) is 0 Å². The van der Waals surface area contributed by atoms with E-state index in [0.717, 1.165) is 16.8 Å². The van der Waals surface area contributed by atoms with Gasteiger partial charge in [-0.3, -0.25) is 4.79 Å². The average molecular weight is 346 g/mol. The molecular weight excluding hydrogens is 316 g/mol. The number of fused-ring (bicyclic) bond motifs is 2. The Bertz CT molecular complexity index is 653. The lowest BCUT2D eigenvalue weighted by Gasteiger charge is -2.38. The number of rotatable bonds is 0. The van der Waals surface area contributed by atoms with E-state index >= 15 is 0 Å². The second kappa shape index (κ2) is 7.06. The summed E-state index contributed by atoms with van der Waals surface area (Å²) >= 11 is 0. The predicted octanol–water partition coefficient (Wildman–Crippen LogP) is 4.24. The number of hydrogen-bond acceptors (Lipinski definition) is 3. The molecule has 0 aliphatic carbocycles. The fourth-order valence-corrected chi connectivity index (χ4v) is 3.44. The Morgan fingerprint density at radius 2 is 1.80 bits per heavy atom. The number of carbonyl (C=O) groups excluding carboxylic acids is 2. The molecule has 0 atom stereocenters. The van der Waals surface area contributed by atoms with Gasteiger partial charge in [0.25, 0.3) is 0 Å². The van der Waals surface area contributed by atoms with E-state index in [0.29, 0.717) is 25.9 Å². The molecule has 1 fully saturated rings. The number of piperidine rings is 1. The van der Waals surface area contributed by atoms with Crippen LogP contribution in [0.1, 0.15) is 58.6 Å². The topological polar surface area (TPSA) is 58.6 Å². The monoisotopic (exact) mass is 346 g/mol. The van der Waals surface area contributed by atoms with Gasteiger partial charge >= 0.3 is 6.09 Å². The zero-order valence-electron chi connectivity index (χ0n) is 16.2. The average Bonchev–Trinajstić information content (AvgIpc) is 2.80. The summed E-state index contributed by atoms with van der Waals surface area (Å²) in [4.78, 5) is 26.5. The highest BCUT2D eigenvalue weighted by atomic mass is 16.6. The molecular formula is C20H30N2O3. The molecule has 2 aliphatic rings. The van der Waals surface area contributed by atoms with Gasteiger partial charge in [0.05, 0.1) is 5.41 Å². The molecule has 2 amide bonds. The van der Waals surface area contributed by atoms with Crippen LogP contribution in [0.25, 0.3) is 0 Å². The number of anilines is 1. The summed E-state index contributed by atoms with van der Waals surface area (Å²) in [6, 6.07) is 6.11. The third-order valence-corrected chi connectivity index (χ3v) is 4.64. The quantitative estimate of drug-likeness (QED) is 0.764. The summed E-state index contributed by atoms with van der Waals surface area (Å²) in [5.74, 6) is 0.0574. The van der Waals surface area contributed by atoms with E-state index in [4.69, 9.17) is 4.74 Å². The standard InChI is InChI=1S/C18H24N2O3.C2H6/c1-12-5-6-13-14(11-12)19-15(21)18(13)7-9-20(10-8-18)16(22)23-17(2,3)4;1-2/h5-6,11H,7-10H2,1-4H3,(H,19,21);1-2H3. The fourth-order valence-electron chi connectivity index (χ4n) is 3.44. The molecule has 25 heavy (non-hydrogen) atoms. The Hall–Kier alpha value is -2.04. The maximum Gasteiger partial charge on any atom is 0.410 e. The van der Waals surface area contributed by atoms with Crippen LogP contribution in [0.4, 0.5) is 10.5 Å². The highest BCUT2D eigenvalue weighted by molar-refractivity contribution is 6.06. The molecule has 1 aromatic rings. The first-order chi connectivity index (χ1) is 11.7.